The van der Waals surface area contributed by atoms with Crippen molar-refractivity contribution in [3.63, 3.8) is 0 Å². The lowest BCUT2D eigenvalue weighted by Crippen LogP contribution is -2.15. The van der Waals surface area contributed by atoms with Crippen LogP contribution < -0.4 is 14.8 Å². The van der Waals surface area contributed by atoms with Gasteiger partial charge in [0, 0.05) is 24.0 Å². The number of H-pyrrole nitrogens is 1. The van der Waals surface area contributed by atoms with Crippen LogP contribution in [-0.4, -0.2) is 39.7 Å². The van der Waals surface area contributed by atoms with E-state index in [1.807, 2.05) is 30.3 Å². The van der Waals surface area contributed by atoms with Crippen LogP contribution in [0.5, 0.6) is 11.5 Å². The van der Waals surface area contributed by atoms with Crippen LogP contribution in [-0.2, 0) is 12.8 Å². The fourth-order valence-corrected chi connectivity index (χ4v) is 3.45. The van der Waals surface area contributed by atoms with E-state index >= 15 is 0 Å². The monoisotopic (exact) mass is 425 g/mol. The van der Waals surface area contributed by atoms with E-state index in [0.29, 0.717) is 17.9 Å². The minimum Gasteiger partial charge on any atom is -0.497 e. The van der Waals surface area contributed by atoms with Crippen LogP contribution in [0.3, 0.4) is 0 Å². The number of carbonyl (C=O) groups is 1. The molecule has 0 fully saturated rings. The fourth-order valence-electron chi connectivity index (χ4n) is 3.19. The molecule has 0 unspecified atom stereocenters. The maximum Gasteiger partial charge on any atom is 0.277 e. The number of halogens is 1. The van der Waals surface area contributed by atoms with Crippen molar-refractivity contribution in [1.29, 1.82) is 0 Å². The van der Waals surface area contributed by atoms with Crippen molar-refractivity contribution in [1.82, 2.24) is 19.6 Å². The van der Waals surface area contributed by atoms with Gasteiger partial charge in [0.1, 0.15) is 17.1 Å². The van der Waals surface area contributed by atoms with Crippen LogP contribution in [0.1, 0.15) is 21.7 Å². The topological polar surface area (TPSA) is 93.5 Å². The van der Waals surface area contributed by atoms with Gasteiger partial charge in [0.2, 0.25) is 0 Å². The molecule has 0 aliphatic carbocycles. The molecule has 0 aliphatic rings. The molecule has 4 rings (SSSR count). The van der Waals surface area contributed by atoms with Crippen LogP contribution in [0, 0.1) is 0 Å². The Morgan fingerprint density at radius 1 is 1.13 bits per heavy atom. The first kappa shape index (κ1) is 19.8. The second kappa shape index (κ2) is 8.46. The smallest absolute Gasteiger partial charge is 0.277 e. The van der Waals surface area contributed by atoms with Crippen LogP contribution >= 0.6 is 11.6 Å². The summed E-state index contributed by atoms with van der Waals surface area (Å²) in [4.78, 5) is 16.9. The number of rotatable bonds is 7. The summed E-state index contributed by atoms with van der Waals surface area (Å²) in [6, 6.07) is 13.0. The van der Waals surface area contributed by atoms with Crippen molar-refractivity contribution in [2.75, 3.05) is 19.5 Å². The quantitative estimate of drug-likeness (QED) is 0.470. The highest BCUT2D eigenvalue weighted by molar-refractivity contribution is 6.33. The van der Waals surface area contributed by atoms with Crippen molar-refractivity contribution < 1.29 is 14.3 Å². The van der Waals surface area contributed by atoms with Gasteiger partial charge < -0.3 is 14.8 Å². The number of nitrogens with one attached hydrogen (secondary N) is 2. The maximum absolute atomic E-state index is 12.7. The summed E-state index contributed by atoms with van der Waals surface area (Å²) in [5.41, 5.74) is 2.82. The van der Waals surface area contributed by atoms with E-state index in [-0.39, 0.29) is 16.8 Å². The average molecular weight is 426 g/mol. The minimum absolute atomic E-state index is 0.140. The van der Waals surface area contributed by atoms with Crippen LogP contribution in [0.15, 0.2) is 48.7 Å². The van der Waals surface area contributed by atoms with Gasteiger partial charge in [-0.3, -0.25) is 14.3 Å². The number of aromatic amines is 1. The molecule has 2 N–H and O–H groups in total. The predicted octanol–water partition coefficient (Wildman–Crippen LogP) is 3.77. The summed E-state index contributed by atoms with van der Waals surface area (Å²) in [5.74, 6) is 1.52. The van der Waals surface area contributed by atoms with Crippen LogP contribution in [0.2, 0.25) is 5.15 Å². The zero-order chi connectivity index (χ0) is 21.1. The molecule has 4 aromatic rings. The Morgan fingerprint density at radius 3 is 2.63 bits per heavy atom. The van der Waals surface area contributed by atoms with E-state index in [9.17, 15) is 4.79 Å². The second-order valence-electron chi connectivity index (χ2n) is 6.63. The van der Waals surface area contributed by atoms with Crippen molar-refractivity contribution in [3.05, 3.63) is 70.8 Å². The van der Waals surface area contributed by atoms with Crippen molar-refractivity contribution in [2.24, 2.45) is 0 Å². The van der Waals surface area contributed by atoms with E-state index < -0.39 is 0 Å². The number of hydrogen-bond donors (Lipinski definition) is 2. The summed E-state index contributed by atoms with van der Waals surface area (Å²) >= 11 is 6.16. The number of aryl methyl sites for hydroxylation is 2. The summed E-state index contributed by atoms with van der Waals surface area (Å²) < 4.78 is 12.3. The number of benzene rings is 1. The third-order valence-electron chi connectivity index (χ3n) is 4.67. The number of fused-ring (bicyclic) bond motifs is 1. The van der Waals surface area contributed by atoms with Gasteiger partial charge in [-0.05, 0) is 42.7 Å². The molecule has 3 heterocycles. The summed E-state index contributed by atoms with van der Waals surface area (Å²) in [7, 11) is 3.25. The number of pyridine rings is 1. The molecule has 9 heteroatoms. The Bertz CT molecular complexity index is 1180. The number of hydrogen-bond acceptors (Lipinski definition) is 5. The largest absolute Gasteiger partial charge is 0.497 e. The zero-order valence-corrected chi connectivity index (χ0v) is 17.2. The van der Waals surface area contributed by atoms with Crippen LogP contribution in [0.25, 0.3) is 5.65 Å². The Balaban J connectivity index is 1.44. The van der Waals surface area contributed by atoms with Gasteiger partial charge in [-0.1, -0.05) is 17.7 Å². The molecule has 0 saturated heterocycles. The highest BCUT2D eigenvalue weighted by atomic mass is 35.5. The molecule has 154 valence electrons. The maximum atomic E-state index is 12.7. The summed E-state index contributed by atoms with van der Waals surface area (Å²) in [5, 5.41) is 10.0. The predicted molar refractivity (Wildman–Crippen MR) is 114 cm³/mol. The van der Waals surface area contributed by atoms with E-state index in [1.165, 1.54) is 0 Å². The molecule has 0 aliphatic heterocycles. The Labute approximate surface area is 177 Å². The van der Waals surface area contributed by atoms with Gasteiger partial charge in [-0.25, -0.2) is 4.98 Å². The van der Waals surface area contributed by atoms with Gasteiger partial charge in [-0.15, -0.1) is 0 Å². The SMILES string of the molecule is COc1cc(CCc2cc(NC(=O)c3c(Cl)nc4ccccn34)n[nH]2)cc(OC)c1. The van der Waals surface area contributed by atoms with Crippen molar-refractivity contribution in [2.45, 2.75) is 12.8 Å². The van der Waals surface area contributed by atoms with Crippen LogP contribution in [0.4, 0.5) is 5.82 Å². The number of ether oxygens (including phenoxy) is 2. The van der Waals surface area contributed by atoms with E-state index in [1.54, 1.807) is 36.9 Å². The standard InChI is InChI=1S/C21H20ClN5O3/c1-29-15-9-13(10-16(12-15)30-2)6-7-14-11-17(26-25-14)23-21(28)19-20(22)24-18-5-3-4-8-27(18)19/h3-5,8-12H,6-7H2,1-2H3,(H2,23,25,26,28). The van der Waals surface area contributed by atoms with E-state index in [2.05, 4.69) is 20.5 Å². The first-order valence-corrected chi connectivity index (χ1v) is 9.65. The van der Waals surface area contributed by atoms with Crippen molar-refractivity contribution >= 4 is 29.0 Å². The summed E-state index contributed by atoms with van der Waals surface area (Å²) in [6.45, 7) is 0. The Morgan fingerprint density at radius 2 is 1.90 bits per heavy atom. The number of imidazole rings is 1. The molecular weight excluding hydrogens is 406 g/mol. The molecule has 1 aromatic carbocycles. The van der Waals surface area contributed by atoms with Crippen molar-refractivity contribution in [3.8, 4) is 11.5 Å². The van der Waals surface area contributed by atoms with Gasteiger partial charge in [0.05, 0.1) is 14.2 Å². The number of anilines is 1. The number of aromatic nitrogens is 4. The van der Waals surface area contributed by atoms with Gasteiger partial charge in [0.15, 0.2) is 16.7 Å². The first-order valence-electron chi connectivity index (χ1n) is 9.27. The molecular formula is C21H20ClN5O3. The molecule has 30 heavy (non-hydrogen) atoms. The highest BCUT2D eigenvalue weighted by Gasteiger charge is 2.19. The molecule has 0 saturated carbocycles. The van der Waals surface area contributed by atoms with Gasteiger partial charge in [-0.2, -0.15) is 5.10 Å². The summed E-state index contributed by atoms with van der Waals surface area (Å²) in [6.07, 6.45) is 3.19. The first-order chi connectivity index (χ1) is 14.6. The third kappa shape index (κ3) is 4.08. The second-order valence-corrected chi connectivity index (χ2v) is 6.99. The third-order valence-corrected chi connectivity index (χ3v) is 4.93. The number of carbonyl (C=O) groups excluding carboxylic acids is 1. The highest BCUT2D eigenvalue weighted by Crippen LogP contribution is 2.24. The molecule has 0 spiro atoms. The average Bonchev–Trinajstić information content (AvgIpc) is 3.34. The normalized spacial score (nSPS) is 10.9. The van der Waals surface area contributed by atoms with E-state index in [4.69, 9.17) is 21.1 Å². The molecule has 1 amide bonds. The lowest BCUT2D eigenvalue weighted by atomic mass is 10.1. The molecule has 8 nitrogen and oxygen atoms in total. The molecule has 0 bridgehead atoms. The molecule has 0 radical (unpaired) electrons. The lowest BCUT2D eigenvalue weighted by Gasteiger charge is -2.08. The minimum atomic E-state index is -0.380. The fraction of sp³-hybridized carbons (Fsp3) is 0.190. The zero-order valence-electron chi connectivity index (χ0n) is 16.5. The lowest BCUT2D eigenvalue weighted by molar-refractivity contribution is 0.102. The Kier molecular flexibility index (Phi) is 5.58. The number of methoxy groups -OCH3 is 2. The Hall–Kier alpha value is -3.52. The van der Waals surface area contributed by atoms with E-state index in [0.717, 1.165) is 29.2 Å². The number of amides is 1. The molecule has 3 aromatic heterocycles. The van der Waals surface area contributed by atoms with Gasteiger partial charge in [0.25, 0.3) is 5.91 Å². The van der Waals surface area contributed by atoms with Gasteiger partial charge >= 0.3 is 0 Å². The molecule has 0 atom stereocenters. The number of nitrogens with zero attached hydrogens (tertiary/aromatic N) is 3.